The zero-order valence-electron chi connectivity index (χ0n) is 19.1. The fourth-order valence-corrected chi connectivity index (χ4v) is 3.58. The van der Waals surface area contributed by atoms with E-state index in [0.717, 1.165) is 28.0 Å². The van der Waals surface area contributed by atoms with Crippen LogP contribution in [-0.4, -0.2) is 43.2 Å². The van der Waals surface area contributed by atoms with Crippen molar-refractivity contribution in [2.24, 2.45) is 0 Å². The highest BCUT2D eigenvalue weighted by Gasteiger charge is 2.18. The number of halogens is 1. The van der Waals surface area contributed by atoms with E-state index >= 15 is 0 Å². The van der Waals surface area contributed by atoms with E-state index in [4.69, 9.17) is 21.1 Å². The molecule has 0 unspecified atom stereocenters. The molecule has 0 aliphatic carbocycles. The number of esters is 1. The Balaban J connectivity index is 1.75. The molecule has 3 aromatic rings. The summed E-state index contributed by atoms with van der Waals surface area (Å²) in [5.74, 6) is 0.507. The van der Waals surface area contributed by atoms with Gasteiger partial charge in [-0.1, -0.05) is 66.2 Å². The predicted molar refractivity (Wildman–Crippen MR) is 131 cm³/mol. The van der Waals surface area contributed by atoms with Crippen molar-refractivity contribution in [2.45, 2.75) is 26.4 Å². The van der Waals surface area contributed by atoms with Crippen molar-refractivity contribution in [3.63, 3.8) is 0 Å². The second-order valence-corrected chi connectivity index (χ2v) is 9.14. The molecule has 0 aliphatic heterocycles. The van der Waals surface area contributed by atoms with Gasteiger partial charge in [0, 0.05) is 22.7 Å². The lowest BCUT2D eigenvalue weighted by Gasteiger charge is -2.22. The van der Waals surface area contributed by atoms with Gasteiger partial charge in [-0.3, -0.25) is 9.69 Å². The molecular weight excluding hydrogens is 422 g/mol. The largest absolute Gasteiger partial charge is 0.492 e. The molecule has 0 bridgehead atoms. The van der Waals surface area contributed by atoms with Crippen LogP contribution in [0.15, 0.2) is 72.8 Å². The van der Waals surface area contributed by atoms with Gasteiger partial charge in [0.2, 0.25) is 0 Å². The molecule has 0 N–H and O–H groups in total. The SMILES string of the molecule is CN(CCOc1ccc(-c2ccccc2)cc1-c1ccccc1Cl)CC(=O)OC(C)(C)C. The smallest absolute Gasteiger partial charge is 0.320 e. The summed E-state index contributed by atoms with van der Waals surface area (Å²) in [6, 6.07) is 24.1. The van der Waals surface area contributed by atoms with E-state index < -0.39 is 5.60 Å². The minimum atomic E-state index is -0.487. The van der Waals surface area contributed by atoms with E-state index in [9.17, 15) is 4.79 Å². The summed E-state index contributed by atoms with van der Waals surface area (Å²) in [5, 5.41) is 0.671. The van der Waals surface area contributed by atoms with Gasteiger partial charge < -0.3 is 9.47 Å². The average molecular weight is 452 g/mol. The maximum absolute atomic E-state index is 12.0. The maximum Gasteiger partial charge on any atom is 0.320 e. The molecule has 0 amide bonds. The van der Waals surface area contributed by atoms with Crippen LogP contribution >= 0.6 is 11.6 Å². The Hall–Kier alpha value is -2.82. The van der Waals surface area contributed by atoms with Gasteiger partial charge in [-0.2, -0.15) is 0 Å². The van der Waals surface area contributed by atoms with Crippen LogP contribution in [0.1, 0.15) is 20.8 Å². The summed E-state index contributed by atoms with van der Waals surface area (Å²) in [6.45, 7) is 6.82. The molecule has 0 spiro atoms. The van der Waals surface area contributed by atoms with Crippen molar-refractivity contribution in [1.82, 2.24) is 4.90 Å². The number of ether oxygens (including phenoxy) is 2. The minimum absolute atomic E-state index is 0.213. The van der Waals surface area contributed by atoms with Crippen molar-refractivity contribution in [1.29, 1.82) is 0 Å². The number of nitrogens with zero attached hydrogens (tertiary/aromatic N) is 1. The van der Waals surface area contributed by atoms with E-state index in [1.165, 1.54) is 0 Å². The molecule has 4 nitrogen and oxygen atoms in total. The van der Waals surface area contributed by atoms with Gasteiger partial charge in [-0.05, 0) is 57.1 Å². The van der Waals surface area contributed by atoms with Gasteiger partial charge in [0.15, 0.2) is 0 Å². The number of benzene rings is 3. The number of likely N-dealkylation sites (N-methyl/N-ethyl adjacent to an activating group) is 1. The van der Waals surface area contributed by atoms with Crippen molar-refractivity contribution in [2.75, 3.05) is 26.7 Å². The Bertz CT molecular complexity index is 1040. The van der Waals surface area contributed by atoms with E-state index in [0.29, 0.717) is 18.2 Å². The van der Waals surface area contributed by atoms with E-state index in [2.05, 4.69) is 24.3 Å². The Morgan fingerprint density at radius 1 is 0.906 bits per heavy atom. The molecule has 0 atom stereocenters. The van der Waals surface area contributed by atoms with E-state index in [1.807, 2.05) is 81.2 Å². The highest BCUT2D eigenvalue weighted by Crippen LogP contribution is 2.37. The number of hydrogen-bond donors (Lipinski definition) is 0. The molecule has 0 saturated carbocycles. The molecule has 168 valence electrons. The molecule has 0 radical (unpaired) electrons. The van der Waals surface area contributed by atoms with Crippen LogP contribution in [0.4, 0.5) is 0 Å². The van der Waals surface area contributed by atoms with Gasteiger partial charge in [0.05, 0.1) is 6.54 Å². The first-order valence-electron chi connectivity index (χ1n) is 10.7. The molecule has 5 heteroatoms. The first-order chi connectivity index (χ1) is 15.2. The minimum Gasteiger partial charge on any atom is -0.492 e. The standard InChI is InChI=1S/C27H30ClNO3/c1-27(2,3)32-26(30)19-29(4)16-17-31-25-15-14-21(20-10-6-5-7-11-20)18-23(25)22-12-8-9-13-24(22)28/h5-15,18H,16-17,19H2,1-4H3. The number of rotatable bonds is 8. The van der Waals surface area contributed by atoms with Gasteiger partial charge in [-0.15, -0.1) is 0 Å². The van der Waals surface area contributed by atoms with Crippen LogP contribution in [-0.2, 0) is 9.53 Å². The zero-order chi connectivity index (χ0) is 23.1. The highest BCUT2D eigenvalue weighted by atomic mass is 35.5. The fourth-order valence-electron chi connectivity index (χ4n) is 3.34. The first-order valence-corrected chi connectivity index (χ1v) is 11.1. The maximum atomic E-state index is 12.0. The molecule has 0 aliphatic rings. The summed E-state index contributed by atoms with van der Waals surface area (Å²) >= 11 is 6.51. The van der Waals surface area contributed by atoms with E-state index in [1.54, 1.807) is 0 Å². The van der Waals surface area contributed by atoms with Gasteiger partial charge >= 0.3 is 5.97 Å². The Labute approximate surface area is 195 Å². The van der Waals surface area contributed by atoms with Crippen LogP contribution < -0.4 is 4.74 Å². The van der Waals surface area contributed by atoms with Crippen LogP contribution in [0, 0.1) is 0 Å². The van der Waals surface area contributed by atoms with Crippen LogP contribution in [0.25, 0.3) is 22.3 Å². The molecule has 3 aromatic carbocycles. The molecule has 0 heterocycles. The molecule has 32 heavy (non-hydrogen) atoms. The van der Waals surface area contributed by atoms with Gasteiger partial charge in [-0.25, -0.2) is 0 Å². The molecular formula is C27H30ClNO3. The number of hydrogen-bond acceptors (Lipinski definition) is 4. The third-order valence-electron chi connectivity index (χ3n) is 4.80. The predicted octanol–water partition coefficient (Wildman–Crippen LogP) is 6.33. The van der Waals surface area contributed by atoms with Gasteiger partial charge in [0.1, 0.15) is 18.0 Å². The third kappa shape index (κ3) is 6.84. The zero-order valence-corrected chi connectivity index (χ0v) is 19.9. The monoisotopic (exact) mass is 451 g/mol. The van der Waals surface area contributed by atoms with Crippen LogP contribution in [0.5, 0.6) is 5.75 Å². The lowest BCUT2D eigenvalue weighted by Crippen LogP contribution is -2.34. The highest BCUT2D eigenvalue weighted by molar-refractivity contribution is 6.33. The van der Waals surface area contributed by atoms with E-state index in [-0.39, 0.29) is 12.5 Å². The van der Waals surface area contributed by atoms with Crippen molar-refractivity contribution in [3.05, 3.63) is 77.8 Å². The normalized spacial score (nSPS) is 11.4. The quantitative estimate of drug-likeness (QED) is 0.375. The summed E-state index contributed by atoms with van der Waals surface area (Å²) in [5.41, 5.74) is 3.59. The van der Waals surface area contributed by atoms with Crippen LogP contribution in [0.2, 0.25) is 5.02 Å². The molecule has 0 fully saturated rings. The molecule has 0 saturated heterocycles. The summed E-state index contributed by atoms with van der Waals surface area (Å²) < 4.78 is 11.5. The topological polar surface area (TPSA) is 38.8 Å². The van der Waals surface area contributed by atoms with Crippen molar-refractivity contribution >= 4 is 17.6 Å². The molecule has 3 rings (SSSR count). The second kappa shape index (κ2) is 10.7. The Morgan fingerprint density at radius 3 is 2.28 bits per heavy atom. The average Bonchev–Trinajstić information content (AvgIpc) is 2.73. The summed E-state index contributed by atoms with van der Waals surface area (Å²) in [6.07, 6.45) is 0. The first kappa shape index (κ1) is 23.8. The van der Waals surface area contributed by atoms with Crippen molar-refractivity contribution < 1.29 is 14.3 Å². The summed E-state index contributed by atoms with van der Waals surface area (Å²) in [4.78, 5) is 13.9. The Kier molecular flexibility index (Phi) is 7.94. The Morgan fingerprint density at radius 2 is 1.59 bits per heavy atom. The van der Waals surface area contributed by atoms with Crippen molar-refractivity contribution in [3.8, 4) is 28.0 Å². The molecule has 0 aromatic heterocycles. The lowest BCUT2D eigenvalue weighted by molar-refractivity contribution is -0.155. The number of carbonyl (C=O) groups is 1. The number of carbonyl (C=O) groups excluding carboxylic acids is 1. The lowest BCUT2D eigenvalue weighted by atomic mass is 9.98. The fraction of sp³-hybridized carbons (Fsp3) is 0.296. The summed E-state index contributed by atoms with van der Waals surface area (Å²) in [7, 11) is 1.88. The second-order valence-electron chi connectivity index (χ2n) is 8.73. The van der Waals surface area contributed by atoms with Crippen LogP contribution in [0.3, 0.4) is 0 Å². The van der Waals surface area contributed by atoms with Gasteiger partial charge in [0.25, 0.3) is 0 Å². The third-order valence-corrected chi connectivity index (χ3v) is 5.13.